The molecule has 1 aliphatic carbocycles. The number of fused-ring (bicyclic) bond motifs is 2. The Kier molecular flexibility index (Phi) is 5.11. The van der Waals surface area contributed by atoms with Gasteiger partial charge in [0.1, 0.15) is 5.56 Å². The molecule has 0 bridgehead atoms. The summed E-state index contributed by atoms with van der Waals surface area (Å²) in [7, 11) is 0. The van der Waals surface area contributed by atoms with Gasteiger partial charge >= 0.3 is 0 Å². The van der Waals surface area contributed by atoms with Gasteiger partial charge in [-0.3, -0.25) is 19.8 Å². The Balaban J connectivity index is 1.59. The maximum atomic E-state index is 12.9. The zero-order valence-corrected chi connectivity index (χ0v) is 15.9. The number of nitrogens with one attached hydrogen (secondary N) is 2. The van der Waals surface area contributed by atoms with E-state index in [1.807, 2.05) is 6.92 Å². The summed E-state index contributed by atoms with van der Waals surface area (Å²) in [5, 5.41) is 10.4. The number of ether oxygens (including phenoxy) is 1. The average Bonchev–Trinajstić information content (AvgIpc) is 2.69. The van der Waals surface area contributed by atoms with Crippen LogP contribution in [0.15, 0.2) is 11.0 Å². The molecule has 0 unspecified atom stereocenters. The number of hydrogen-bond acceptors (Lipinski definition) is 6. The van der Waals surface area contributed by atoms with Gasteiger partial charge in [-0.05, 0) is 26.2 Å². The van der Waals surface area contributed by atoms with Crippen molar-refractivity contribution in [1.29, 1.82) is 0 Å². The van der Waals surface area contributed by atoms with Crippen molar-refractivity contribution < 1.29 is 19.4 Å². The van der Waals surface area contributed by atoms with Crippen molar-refractivity contribution in [1.82, 2.24) is 20.3 Å². The van der Waals surface area contributed by atoms with Crippen LogP contribution in [0.2, 0.25) is 0 Å². The molecular formula is C19H26N4O5. The molecule has 0 aromatic carbocycles. The zero-order valence-electron chi connectivity index (χ0n) is 15.9. The number of pyridine rings is 1. The molecule has 9 nitrogen and oxygen atoms in total. The molecule has 1 aromatic heterocycles. The van der Waals surface area contributed by atoms with Crippen LogP contribution in [0.1, 0.15) is 66.3 Å². The zero-order chi connectivity index (χ0) is 19.8. The predicted octanol–water partition coefficient (Wildman–Crippen LogP) is 0.712. The van der Waals surface area contributed by atoms with E-state index < -0.39 is 29.2 Å². The number of rotatable bonds is 3. The molecule has 2 amide bonds. The standard InChI is InChI=1S/C19H26N4O5/c1-11-7-8-28-14-10-22-9-13(16(24)17(25)15(22)19(27)23(11)14)18(26)21-20-12-5-3-2-4-6-12/h9,11-12,14,20,25H,2-8,10H2,1H3,(H,21,26)/t11-,14+/m1/s1. The monoisotopic (exact) mass is 390 g/mol. The molecule has 0 spiro atoms. The van der Waals surface area contributed by atoms with Gasteiger partial charge in [0.15, 0.2) is 17.7 Å². The van der Waals surface area contributed by atoms with Crippen LogP contribution in [0, 0.1) is 0 Å². The van der Waals surface area contributed by atoms with Gasteiger partial charge in [-0.15, -0.1) is 0 Å². The second-order valence-corrected chi connectivity index (χ2v) is 7.83. The third-order valence-corrected chi connectivity index (χ3v) is 5.92. The van der Waals surface area contributed by atoms with Gasteiger partial charge in [-0.1, -0.05) is 19.3 Å². The number of aromatic nitrogens is 1. The van der Waals surface area contributed by atoms with Crippen molar-refractivity contribution in [2.45, 2.75) is 70.3 Å². The lowest BCUT2D eigenvalue weighted by Gasteiger charge is -2.44. The fourth-order valence-electron chi connectivity index (χ4n) is 4.30. The van der Waals surface area contributed by atoms with E-state index in [2.05, 4.69) is 10.9 Å². The van der Waals surface area contributed by atoms with Gasteiger partial charge < -0.3 is 19.3 Å². The van der Waals surface area contributed by atoms with Gasteiger partial charge in [0.25, 0.3) is 11.8 Å². The molecule has 0 radical (unpaired) electrons. The predicted molar refractivity (Wildman–Crippen MR) is 99.8 cm³/mol. The third-order valence-electron chi connectivity index (χ3n) is 5.92. The maximum Gasteiger partial charge on any atom is 0.276 e. The van der Waals surface area contributed by atoms with Crippen LogP contribution in [0.5, 0.6) is 5.75 Å². The van der Waals surface area contributed by atoms with E-state index in [0.29, 0.717) is 13.0 Å². The number of carbonyl (C=O) groups excluding carboxylic acids is 2. The van der Waals surface area contributed by atoms with Gasteiger partial charge in [-0.25, -0.2) is 5.43 Å². The first-order chi connectivity index (χ1) is 13.5. The first kappa shape index (κ1) is 18.9. The van der Waals surface area contributed by atoms with E-state index in [-0.39, 0.29) is 29.9 Å². The Hall–Kier alpha value is -2.39. The van der Waals surface area contributed by atoms with Crippen LogP contribution in [0.25, 0.3) is 0 Å². The molecule has 1 aromatic rings. The minimum atomic E-state index is -0.841. The quantitative estimate of drug-likeness (QED) is 0.656. The molecule has 9 heteroatoms. The summed E-state index contributed by atoms with van der Waals surface area (Å²) in [6.07, 6.45) is 6.91. The van der Waals surface area contributed by atoms with Crippen molar-refractivity contribution in [2.24, 2.45) is 0 Å². The van der Waals surface area contributed by atoms with Crippen molar-refractivity contribution >= 4 is 11.8 Å². The Bertz CT molecular complexity index is 845. The number of carbonyl (C=O) groups is 2. The molecule has 28 heavy (non-hydrogen) atoms. The highest BCUT2D eigenvalue weighted by molar-refractivity contribution is 5.99. The lowest BCUT2D eigenvalue weighted by atomic mass is 9.96. The normalized spacial score (nSPS) is 25.2. The minimum Gasteiger partial charge on any atom is -0.503 e. The van der Waals surface area contributed by atoms with Crippen molar-refractivity contribution in [3.63, 3.8) is 0 Å². The molecule has 2 atom stereocenters. The molecule has 4 rings (SSSR count). The third kappa shape index (κ3) is 3.29. The van der Waals surface area contributed by atoms with Gasteiger partial charge in [-0.2, -0.15) is 0 Å². The van der Waals surface area contributed by atoms with Gasteiger partial charge in [0.05, 0.1) is 13.2 Å². The molecule has 3 N–H and O–H groups in total. The van der Waals surface area contributed by atoms with E-state index in [4.69, 9.17) is 4.74 Å². The Morgan fingerprint density at radius 3 is 2.71 bits per heavy atom. The van der Waals surface area contributed by atoms with E-state index in [1.54, 1.807) is 4.90 Å². The summed E-state index contributed by atoms with van der Waals surface area (Å²) < 4.78 is 7.14. The Labute approximate surface area is 162 Å². The van der Waals surface area contributed by atoms with Crippen LogP contribution in [-0.4, -0.2) is 51.3 Å². The Morgan fingerprint density at radius 1 is 1.21 bits per heavy atom. The molecule has 1 saturated heterocycles. The van der Waals surface area contributed by atoms with Crippen LogP contribution < -0.4 is 16.3 Å². The summed E-state index contributed by atoms with van der Waals surface area (Å²) in [5.74, 6) is -1.76. The van der Waals surface area contributed by atoms with E-state index in [0.717, 1.165) is 25.7 Å². The highest BCUT2D eigenvalue weighted by Crippen LogP contribution is 2.29. The van der Waals surface area contributed by atoms with E-state index >= 15 is 0 Å². The lowest BCUT2D eigenvalue weighted by molar-refractivity contribution is -0.112. The van der Waals surface area contributed by atoms with E-state index in [9.17, 15) is 19.5 Å². The second kappa shape index (κ2) is 7.56. The smallest absolute Gasteiger partial charge is 0.276 e. The van der Waals surface area contributed by atoms with Crippen LogP contribution in [-0.2, 0) is 11.3 Å². The molecule has 152 valence electrons. The highest BCUT2D eigenvalue weighted by atomic mass is 16.5. The van der Waals surface area contributed by atoms with Gasteiger partial charge in [0.2, 0.25) is 5.43 Å². The average molecular weight is 390 g/mol. The molecule has 1 saturated carbocycles. The van der Waals surface area contributed by atoms with E-state index in [1.165, 1.54) is 17.2 Å². The SMILES string of the molecule is C[C@@H]1CCO[C@H]2Cn3cc(C(=O)NNC4CCCCC4)c(=O)c(O)c3C(=O)N12. The van der Waals surface area contributed by atoms with Crippen LogP contribution in [0.3, 0.4) is 0 Å². The summed E-state index contributed by atoms with van der Waals surface area (Å²) in [6, 6.07) is 0.135. The topological polar surface area (TPSA) is 113 Å². The molecular weight excluding hydrogens is 364 g/mol. The van der Waals surface area contributed by atoms with Crippen LogP contribution >= 0.6 is 0 Å². The molecule has 2 fully saturated rings. The summed E-state index contributed by atoms with van der Waals surface area (Å²) >= 11 is 0. The summed E-state index contributed by atoms with van der Waals surface area (Å²) in [6.45, 7) is 2.71. The maximum absolute atomic E-state index is 12.9. The Morgan fingerprint density at radius 2 is 1.96 bits per heavy atom. The fourth-order valence-corrected chi connectivity index (χ4v) is 4.30. The van der Waals surface area contributed by atoms with Crippen molar-refractivity contribution in [3.8, 4) is 5.75 Å². The number of hydrazine groups is 1. The number of amides is 2. The van der Waals surface area contributed by atoms with Crippen molar-refractivity contribution in [3.05, 3.63) is 27.7 Å². The number of aromatic hydroxyl groups is 1. The number of hydrogen-bond donors (Lipinski definition) is 3. The fraction of sp³-hybridized carbons (Fsp3) is 0.632. The lowest BCUT2D eigenvalue weighted by Crippen LogP contribution is -2.57. The summed E-state index contributed by atoms with van der Waals surface area (Å²) in [5.41, 5.74) is 4.43. The summed E-state index contributed by atoms with van der Waals surface area (Å²) in [4.78, 5) is 39.5. The first-order valence-corrected chi connectivity index (χ1v) is 9.94. The second-order valence-electron chi connectivity index (χ2n) is 7.83. The van der Waals surface area contributed by atoms with Gasteiger partial charge in [0, 0.05) is 18.3 Å². The molecule has 2 aliphatic heterocycles. The molecule has 3 heterocycles. The van der Waals surface area contributed by atoms with Crippen LogP contribution in [0.4, 0.5) is 0 Å². The largest absolute Gasteiger partial charge is 0.503 e. The number of nitrogens with zero attached hydrogens (tertiary/aromatic N) is 2. The van der Waals surface area contributed by atoms with Crippen molar-refractivity contribution in [2.75, 3.05) is 6.61 Å². The first-order valence-electron chi connectivity index (χ1n) is 9.94. The highest BCUT2D eigenvalue weighted by Gasteiger charge is 2.41. The molecule has 3 aliphatic rings. The minimum absolute atomic E-state index is 0.0443.